The summed E-state index contributed by atoms with van der Waals surface area (Å²) in [6, 6.07) is 5.56. The van der Waals surface area contributed by atoms with Gasteiger partial charge >= 0.3 is 0 Å². The summed E-state index contributed by atoms with van der Waals surface area (Å²) in [5, 5.41) is 7.72. The summed E-state index contributed by atoms with van der Waals surface area (Å²) in [6.07, 6.45) is 0.681. The van der Waals surface area contributed by atoms with Crippen LogP contribution in [-0.4, -0.2) is 43.6 Å². The first-order valence-electron chi connectivity index (χ1n) is 7.05. The molecule has 0 aliphatic heterocycles. The molecule has 0 saturated heterocycles. The standard InChI is InChI=1S/C15H20ClN3O3/c1-10(17-2)8-14-18-15(22-19-14)12-9-11(16)4-5-13(12)21-7-6-20-3/h4-5,9-10,17H,6-8H2,1-3H3. The second kappa shape index (κ2) is 8.12. The number of likely N-dealkylation sites (N-methyl/N-ethyl adjacent to an activating group) is 1. The zero-order valence-electron chi connectivity index (χ0n) is 12.9. The van der Waals surface area contributed by atoms with Gasteiger partial charge in [-0.05, 0) is 32.2 Å². The lowest BCUT2D eigenvalue weighted by Gasteiger charge is -2.09. The lowest BCUT2D eigenvalue weighted by atomic mass is 10.2. The number of nitrogens with zero attached hydrogens (tertiary/aromatic N) is 2. The Labute approximate surface area is 134 Å². The maximum atomic E-state index is 6.06. The Morgan fingerprint density at radius 3 is 2.91 bits per heavy atom. The predicted octanol–water partition coefficient (Wildman–Crippen LogP) is 2.57. The number of hydrogen-bond donors (Lipinski definition) is 1. The zero-order valence-corrected chi connectivity index (χ0v) is 13.7. The van der Waals surface area contributed by atoms with E-state index in [0.717, 1.165) is 0 Å². The fourth-order valence-corrected chi connectivity index (χ4v) is 2.02. The molecule has 0 spiro atoms. The summed E-state index contributed by atoms with van der Waals surface area (Å²) in [5.41, 5.74) is 0.680. The monoisotopic (exact) mass is 325 g/mol. The van der Waals surface area contributed by atoms with Crippen LogP contribution in [0.4, 0.5) is 0 Å². The second-order valence-corrected chi connectivity index (χ2v) is 5.33. The van der Waals surface area contributed by atoms with Crippen molar-refractivity contribution in [2.24, 2.45) is 0 Å². The third-order valence-corrected chi connectivity index (χ3v) is 3.40. The van der Waals surface area contributed by atoms with Gasteiger partial charge in [-0.1, -0.05) is 16.8 Å². The van der Waals surface area contributed by atoms with Crippen LogP contribution in [0.25, 0.3) is 11.5 Å². The fourth-order valence-electron chi connectivity index (χ4n) is 1.85. The molecule has 0 aliphatic rings. The largest absolute Gasteiger partial charge is 0.490 e. The number of methoxy groups -OCH3 is 1. The van der Waals surface area contributed by atoms with Crippen molar-refractivity contribution >= 4 is 11.6 Å². The molecule has 1 aromatic carbocycles. The number of rotatable bonds is 8. The van der Waals surface area contributed by atoms with Crippen molar-refractivity contribution in [3.05, 3.63) is 29.0 Å². The Morgan fingerprint density at radius 2 is 2.18 bits per heavy atom. The highest BCUT2D eigenvalue weighted by atomic mass is 35.5. The molecule has 1 unspecified atom stereocenters. The summed E-state index contributed by atoms with van der Waals surface area (Å²) < 4.78 is 16.0. The molecule has 6 nitrogen and oxygen atoms in total. The van der Waals surface area contributed by atoms with Crippen molar-refractivity contribution in [3.8, 4) is 17.2 Å². The minimum atomic E-state index is 0.266. The molecule has 0 fully saturated rings. The number of aromatic nitrogens is 2. The van der Waals surface area contributed by atoms with E-state index in [-0.39, 0.29) is 6.04 Å². The Bertz CT molecular complexity index is 603. The predicted molar refractivity (Wildman–Crippen MR) is 84.3 cm³/mol. The molecule has 0 aliphatic carbocycles. The van der Waals surface area contributed by atoms with E-state index in [2.05, 4.69) is 22.4 Å². The highest BCUT2D eigenvalue weighted by molar-refractivity contribution is 6.30. The Hall–Kier alpha value is -1.63. The Morgan fingerprint density at radius 1 is 1.36 bits per heavy atom. The van der Waals surface area contributed by atoms with E-state index in [9.17, 15) is 0 Å². The highest BCUT2D eigenvalue weighted by Crippen LogP contribution is 2.31. The summed E-state index contributed by atoms with van der Waals surface area (Å²) in [6.45, 7) is 2.98. The molecular weight excluding hydrogens is 306 g/mol. The van der Waals surface area contributed by atoms with Gasteiger partial charge < -0.3 is 19.3 Å². The average molecular weight is 326 g/mol. The third-order valence-electron chi connectivity index (χ3n) is 3.17. The Balaban J connectivity index is 2.21. The normalized spacial score (nSPS) is 12.4. The summed E-state index contributed by atoms with van der Waals surface area (Å²) in [5.74, 6) is 1.67. The number of benzene rings is 1. The molecule has 1 aromatic heterocycles. The first kappa shape index (κ1) is 16.7. The second-order valence-electron chi connectivity index (χ2n) is 4.89. The van der Waals surface area contributed by atoms with Crippen LogP contribution >= 0.6 is 11.6 Å². The van der Waals surface area contributed by atoms with Gasteiger partial charge in [0.1, 0.15) is 12.4 Å². The van der Waals surface area contributed by atoms with Crippen LogP contribution in [0, 0.1) is 0 Å². The number of halogens is 1. The van der Waals surface area contributed by atoms with E-state index >= 15 is 0 Å². The lowest BCUT2D eigenvalue weighted by molar-refractivity contribution is 0.146. The third kappa shape index (κ3) is 4.43. The molecule has 2 aromatic rings. The van der Waals surface area contributed by atoms with Crippen LogP contribution in [0.3, 0.4) is 0 Å². The molecule has 0 radical (unpaired) electrons. The first-order valence-corrected chi connectivity index (χ1v) is 7.43. The van der Waals surface area contributed by atoms with Crippen LogP contribution in [0.5, 0.6) is 5.75 Å². The van der Waals surface area contributed by atoms with Gasteiger partial charge in [0.2, 0.25) is 0 Å². The molecule has 1 heterocycles. The van der Waals surface area contributed by atoms with E-state index in [1.54, 1.807) is 25.3 Å². The molecule has 1 N–H and O–H groups in total. The summed E-state index contributed by atoms with van der Waals surface area (Å²) >= 11 is 6.06. The maximum absolute atomic E-state index is 6.06. The topological polar surface area (TPSA) is 69.4 Å². The van der Waals surface area contributed by atoms with Gasteiger partial charge in [0.15, 0.2) is 5.82 Å². The van der Waals surface area contributed by atoms with Crippen LogP contribution in [0.1, 0.15) is 12.7 Å². The molecule has 1 atom stereocenters. The minimum Gasteiger partial charge on any atom is -0.490 e. The zero-order chi connectivity index (χ0) is 15.9. The average Bonchev–Trinajstić information content (AvgIpc) is 2.97. The lowest BCUT2D eigenvalue weighted by Crippen LogP contribution is -2.24. The smallest absolute Gasteiger partial charge is 0.261 e. The van der Waals surface area contributed by atoms with E-state index in [0.29, 0.717) is 47.7 Å². The Kier molecular flexibility index (Phi) is 6.18. The SMILES string of the molecule is CNC(C)Cc1noc(-c2cc(Cl)ccc2OCCOC)n1. The van der Waals surface area contributed by atoms with Crippen LogP contribution in [0.15, 0.2) is 22.7 Å². The van der Waals surface area contributed by atoms with Gasteiger partial charge in [0.25, 0.3) is 5.89 Å². The van der Waals surface area contributed by atoms with Crippen molar-refractivity contribution < 1.29 is 14.0 Å². The van der Waals surface area contributed by atoms with Crippen molar-refractivity contribution in [1.29, 1.82) is 0 Å². The van der Waals surface area contributed by atoms with Crippen LogP contribution < -0.4 is 10.1 Å². The van der Waals surface area contributed by atoms with Crippen LogP contribution in [-0.2, 0) is 11.2 Å². The molecule has 0 bridgehead atoms. The molecular formula is C15H20ClN3O3. The highest BCUT2D eigenvalue weighted by Gasteiger charge is 2.16. The number of hydrogen-bond acceptors (Lipinski definition) is 6. The molecule has 2 rings (SSSR count). The van der Waals surface area contributed by atoms with Gasteiger partial charge in [-0.3, -0.25) is 0 Å². The van der Waals surface area contributed by atoms with Crippen molar-refractivity contribution in [1.82, 2.24) is 15.5 Å². The van der Waals surface area contributed by atoms with Crippen molar-refractivity contribution in [3.63, 3.8) is 0 Å². The van der Waals surface area contributed by atoms with Gasteiger partial charge in [0, 0.05) is 24.6 Å². The van der Waals surface area contributed by atoms with Crippen LogP contribution in [0.2, 0.25) is 5.02 Å². The van der Waals surface area contributed by atoms with Crippen molar-refractivity contribution in [2.75, 3.05) is 27.4 Å². The molecule has 0 amide bonds. The maximum Gasteiger partial charge on any atom is 0.261 e. The van der Waals surface area contributed by atoms with Gasteiger partial charge in [-0.25, -0.2) is 0 Å². The fraction of sp³-hybridized carbons (Fsp3) is 0.467. The molecule has 22 heavy (non-hydrogen) atoms. The number of ether oxygens (including phenoxy) is 2. The summed E-state index contributed by atoms with van der Waals surface area (Å²) in [4.78, 5) is 4.41. The number of nitrogens with one attached hydrogen (secondary N) is 1. The minimum absolute atomic E-state index is 0.266. The molecule has 0 saturated carbocycles. The van der Waals surface area contributed by atoms with Gasteiger partial charge in [-0.15, -0.1) is 0 Å². The molecule has 7 heteroatoms. The van der Waals surface area contributed by atoms with E-state index in [4.69, 9.17) is 25.6 Å². The quantitative estimate of drug-likeness (QED) is 0.752. The van der Waals surface area contributed by atoms with E-state index < -0.39 is 0 Å². The first-order chi connectivity index (χ1) is 10.6. The van der Waals surface area contributed by atoms with Crippen molar-refractivity contribution in [2.45, 2.75) is 19.4 Å². The van der Waals surface area contributed by atoms with E-state index in [1.807, 2.05) is 7.05 Å². The summed E-state index contributed by atoms with van der Waals surface area (Å²) in [7, 11) is 3.52. The molecule has 120 valence electrons. The van der Waals surface area contributed by atoms with Gasteiger partial charge in [-0.2, -0.15) is 4.98 Å². The van der Waals surface area contributed by atoms with E-state index in [1.165, 1.54) is 0 Å². The van der Waals surface area contributed by atoms with Gasteiger partial charge in [0.05, 0.1) is 12.2 Å².